The number of ether oxygens (including phenoxy) is 2. The molecule has 0 aliphatic heterocycles. The molecule has 1 unspecified atom stereocenters. The molecule has 0 fully saturated rings. The molecule has 0 bridgehead atoms. The van der Waals surface area contributed by atoms with E-state index in [4.69, 9.17) is 24.3 Å². The Morgan fingerprint density at radius 1 is 0.544 bits per heavy atom. The van der Waals surface area contributed by atoms with Crippen molar-refractivity contribution < 1.29 is 37.6 Å². The molecule has 10 heteroatoms. The highest BCUT2D eigenvalue weighted by molar-refractivity contribution is 7.47. The molecule has 0 aromatic rings. The van der Waals surface area contributed by atoms with Gasteiger partial charge in [0.2, 0.25) is 0 Å². The monoisotopic (exact) mass is 816 g/mol. The number of hydrogen-bond donors (Lipinski definition) is 2. The Balaban J connectivity index is 4.32. The van der Waals surface area contributed by atoms with Gasteiger partial charge in [-0.05, 0) is 83.5 Å². The van der Waals surface area contributed by atoms with Crippen LogP contribution in [0.4, 0.5) is 0 Å². The second kappa shape index (κ2) is 42.5. The van der Waals surface area contributed by atoms with Gasteiger partial charge in [-0.2, -0.15) is 0 Å². The van der Waals surface area contributed by atoms with Crippen LogP contribution in [0.2, 0.25) is 0 Å². The number of carbonyl (C=O) groups excluding carboxylic acids is 2. The molecule has 57 heavy (non-hydrogen) atoms. The molecule has 324 valence electrons. The summed E-state index contributed by atoms with van der Waals surface area (Å²) in [6.45, 7) is 3.47. The zero-order valence-electron chi connectivity index (χ0n) is 35.5. The summed E-state index contributed by atoms with van der Waals surface area (Å²) in [6.07, 6.45) is 54.5. The van der Waals surface area contributed by atoms with E-state index in [0.29, 0.717) is 12.8 Å². The zero-order valence-corrected chi connectivity index (χ0v) is 36.4. The van der Waals surface area contributed by atoms with Gasteiger partial charge in [0.25, 0.3) is 0 Å². The van der Waals surface area contributed by atoms with Crippen LogP contribution in [0.15, 0.2) is 97.2 Å². The average Bonchev–Trinajstić information content (AvgIpc) is 3.20. The standard InChI is InChI=1S/C47H78NO8P/c1-3-5-7-9-11-13-15-17-19-21-22-24-26-28-30-32-34-36-38-40-47(50)56-45(44-55-57(51,52)54-42-41-48)43-53-46(49)39-37-35-33-31-29-27-25-23-20-18-16-14-12-10-8-6-4-2/h5,7,11-14,17-20,22,24,28,30,34,36,45H,3-4,6,8-10,15-16,21,23,25-27,29,31-33,35,37-44,48H2,1-2H3,(H,51,52)/t45-/m1/s1. The van der Waals surface area contributed by atoms with Gasteiger partial charge in [0.1, 0.15) is 6.61 Å². The fraction of sp³-hybridized carbons (Fsp3) is 0.617. The fourth-order valence-electron chi connectivity index (χ4n) is 5.28. The molecular formula is C47H78NO8P. The van der Waals surface area contributed by atoms with Gasteiger partial charge in [0.15, 0.2) is 6.10 Å². The maximum absolute atomic E-state index is 12.6. The van der Waals surface area contributed by atoms with E-state index in [2.05, 4.69) is 98.9 Å². The lowest BCUT2D eigenvalue weighted by molar-refractivity contribution is -0.161. The first-order chi connectivity index (χ1) is 27.8. The fourth-order valence-corrected chi connectivity index (χ4v) is 6.04. The van der Waals surface area contributed by atoms with Crippen LogP contribution < -0.4 is 5.73 Å². The van der Waals surface area contributed by atoms with E-state index in [1.165, 1.54) is 44.9 Å². The van der Waals surface area contributed by atoms with E-state index < -0.39 is 32.5 Å². The van der Waals surface area contributed by atoms with Gasteiger partial charge in [0.05, 0.1) is 13.2 Å². The number of allylic oxidation sites excluding steroid dienone is 16. The molecule has 0 radical (unpaired) electrons. The molecule has 0 heterocycles. The highest BCUT2D eigenvalue weighted by atomic mass is 31.2. The van der Waals surface area contributed by atoms with Crippen LogP contribution in [-0.4, -0.2) is 49.3 Å². The minimum absolute atomic E-state index is 0.0354. The van der Waals surface area contributed by atoms with E-state index in [1.54, 1.807) is 0 Å². The van der Waals surface area contributed by atoms with E-state index >= 15 is 0 Å². The molecule has 0 spiro atoms. The summed E-state index contributed by atoms with van der Waals surface area (Å²) in [5, 5.41) is 0. The third kappa shape index (κ3) is 42.4. The third-order valence-electron chi connectivity index (χ3n) is 8.47. The quantitative estimate of drug-likeness (QED) is 0.0269. The Morgan fingerprint density at radius 2 is 1.00 bits per heavy atom. The van der Waals surface area contributed by atoms with Crippen LogP contribution in [0.1, 0.15) is 155 Å². The molecule has 0 aliphatic carbocycles. The molecule has 0 amide bonds. The summed E-state index contributed by atoms with van der Waals surface area (Å²) >= 11 is 0. The van der Waals surface area contributed by atoms with E-state index in [1.807, 2.05) is 12.2 Å². The number of nitrogens with two attached hydrogens (primary N) is 1. The Labute approximate surface area is 346 Å². The van der Waals surface area contributed by atoms with Crippen molar-refractivity contribution in [1.82, 2.24) is 0 Å². The smallest absolute Gasteiger partial charge is 0.462 e. The van der Waals surface area contributed by atoms with Crippen molar-refractivity contribution in [2.24, 2.45) is 5.73 Å². The Bertz CT molecular complexity index is 1250. The van der Waals surface area contributed by atoms with Crippen molar-refractivity contribution in [3.8, 4) is 0 Å². The SMILES string of the molecule is CCC=CCC=CCC=CCC=CCC=CCC=CCCC(=O)O[C@H](COC(=O)CCCCCCCCCC=CCC=CCCCCC)COP(=O)(O)OCCN. The Kier molecular flexibility index (Phi) is 40.2. The summed E-state index contributed by atoms with van der Waals surface area (Å²) in [4.78, 5) is 34.8. The molecule has 0 saturated heterocycles. The zero-order chi connectivity index (χ0) is 41.8. The molecule has 3 N–H and O–H groups in total. The van der Waals surface area contributed by atoms with Gasteiger partial charge in [-0.25, -0.2) is 4.57 Å². The van der Waals surface area contributed by atoms with E-state index in [9.17, 15) is 19.0 Å². The number of rotatable bonds is 39. The second-order valence-electron chi connectivity index (χ2n) is 13.8. The third-order valence-corrected chi connectivity index (χ3v) is 9.45. The van der Waals surface area contributed by atoms with E-state index in [-0.39, 0.29) is 32.6 Å². The van der Waals surface area contributed by atoms with Gasteiger partial charge < -0.3 is 20.1 Å². The number of hydrogen-bond acceptors (Lipinski definition) is 8. The summed E-state index contributed by atoms with van der Waals surface area (Å²) in [7, 11) is -4.41. The largest absolute Gasteiger partial charge is 0.472 e. The summed E-state index contributed by atoms with van der Waals surface area (Å²) in [5.74, 6) is -0.945. The van der Waals surface area contributed by atoms with Crippen molar-refractivity contribution >= 4 is 19.8 Å². The van der Waals surface area contributed by atoms with Crippen LogP contribution in [-0.2, 0) is 32.7 Å². The maximum atomic E-state index is 12.6. The van der Waals surface area contributed by atoms with Crippen LogP contribution in [0, 0.1) is 0 Å². The molecule has 0 rings (SSSR count). The average molecular weight is 816 g/mol. The summed E-state index contributed by atoms with van der Waals surface area (Å²) < 4.78 is 32.7. The summed E-state index contributed by atoms with van der Waals surface area (Å²) in [5.41, 5.74) is 5.34. The number of phosphoric ester groups is 1. The van der Waals surface area contributed by atoms with Crippen molar-refractivity contribution in [3.63, 3.8) is 0 Å². The molecule has 0 aromatic carbocycles. The lowest BCUT2D eigenvalue weighted by atomic mass is 10.1. The molecule has 2 atom stereocenters. The van der Waals surface area contributed by atoms with Crippen LogP contribution in [0.25, 0.3) is 0 Å². The number of phosphoric acid groups is 1. The minimum Gasteiger partial charge on any atom is -0.462 e. The van der Waals surface area contributed by atoms with E-state index in [0.717, 1.165) is 70.6 Å². The topological polar surface area (TPSA) is 134 Å². The van der Waals surface area contributed by atoms with Crippen molar-refractivity contribution in [1.29, 1.82) is 0 Å². The van der Waals surface area contributed by atoms with Crippen molar-refractivity contribution in [2.75, 3.05) is 26.4 Å². The van der Waals surface area contributed by atoms with Crippen molar-refractivity contribution in [2.45, 2.75) is 161 Å². The highest BCUT2D eigenvalue weighted by Crippen LogP contribution is 2.43. The van der Waals surface area contributed by atoms with Gasteiger partial charge in [-0.15, -0.1) is 0 Å². The molecule has 0 aliphatic rings. The van der Waals surface area contributed by atoms with Gasteiger partial charge >= 0.3 is 19.8 Å². The first kappa shape index (κ1) is 53.9. The first-order valence-electron chi connectivity index (χ1n) is 21.7. The number of unbranched alkanes of at least 4 members (excludes halogenated alkanes) is 10. The maximum Gasteiger partial charge on any atom is 0.472 e. The normalized spacial score (nSPS) is 14.2. The van der Waals surface area contributed by atoms with Crippen LogP contribution in [0.5, 0.6) is 0 Å². The molecule has 0 saturated carbocycles. The second-order valence-corrected chi connectivity index (χ2v) is 15.3. The van der Waals surface area contributed by atoms with Gasteiger partial charge in [-0.3, -0.25) is 18.6 Å². The van der Waals surface area contributed by atoms with Crippen LogP contribution >= 0.6 is 7.82 Å². The highest BCUT2D eigenvalue weighted by Gasteiger charge is 2.25. The lowest BCUT2D eigenvalue weighted by Gasteiger charge is -2.19. The van der Waals surface area contributed by atoms with Gasteiger partial charge in [-0.1, -0.05) is 156 Å². The molecular weight excluding hydrogens is 737 g/mol. The van der Waals surface area contributed by atoms with Crippen LogP contribution in [0.3, 0.4) is 0 Å². The molecule has 0 aromatic heterocycles. The lowest BCUT2D eigenvalue weighted by Crippen LogP contribution is -2.29. The molecule has 9 nitrogen and oxygen atoms in total. The van der Waals surface area contributed by atoms with Crippen molar-refractivity contribution in [3.05, 3.63) is 97.2 Å². The predicted molar refractivity (Wildman–Crippen MR) is 238 cm³/mol. The summed E-state index contributed by atoms with van der Waals surface area (Å²) in [6, 6.07) is 0. The number of esters is 2. The Hall–Kier alpha value is -3.07. The minimum atomic E-state index is -4.41. The first-order valence-corrected chi connectivity index (χ1v) is 23.2. The van der Waals surface area contributed by atoms with Gasteiger partial charge in [0, 0.05) is 19.4 Å². The number of carbonyl (C=O) groups is 2. The Morgan fingerprint density at radius 3 is 1.51 bits per heavy atom. The predicted octanol–water partition coefficient (Wildman–Crippen LogP) is 12.6.